The molecule has 1 aromatic carbocycles. The number of hydrogen-bond donors (Lipinski definition) is 2. The lowest BCUT2D eigenvalue weighted by Crippen LogP contribution is -2.51. The average Bonchev–Trinajstić information content (AvgIpc) is 2.98. The van der Waals surface area contributed by atoms with Gasteiger partial charge in [-0.15, -0.1) is 0 Å². The van der Waals surface area contributed by atoms with Crippen LogP contribution in [0.15, 0.2) is 30.6 Å². The largest absolute Gasteiger partial charge is 0.367 e. The molecule has 2 aliphatic carbocycles. The monoisotopic (exact) mass is 369 g/mol. The van der Waals surface area contributed by atoms with Crippen molar-refractivity contribution in [1.82, 2.24) is 20.4 Å². The number of halogens is 1. The van der Waals surface area contributed by atoms with Crippen LogP contribution in [0.3, 0.4) is 0 Å². The molecule has 0 radical (unpaired) electrons. The van der Waals surface area contributed by atoms with Crippen LogP contribution in [-0.4, -0.2) is 41.0 Å². The third kappa shape index (κ3) is 3.05. The van der Waals surface area contributed by atoms with E-state index in [0.717, 1.165) is 43.6 Å². The number of fused-ring (bicyclic) bond motifs is 3. The van der Waals surface area contributed by atoms with Gasteiger partial charge in [0.15, 0.2) is 0 Å². The normalized spacial score (nSPS) is 28.4. The first-order valence-corrected chi connectivity index (χ1v) is 9.67. The smallest absolute Gasteiger partial charge is 0.315 e. The number of anilines is 1. The molecule has 1 aliphatic heterocycles. The summed E-state index contributed by atoms with van der Waals surface area (Å²) in [6.45, 7) is 1.80. The lowest BCUT2D eigenvalue weighted by atomic mass is 10.0. The highest BCUT2D eigenvalue weighted by Crippen LogP contribution is 2.56. The molecule has 142 valence electrons. The fraction of sp³-hybridized carbons (Fsp3) is 0.500. The number of nitrogens with zero attached hydrogens (tertiary/aromatic N) is 3. The number of rotatable bonds is 3. The Morgan fingerprint density at radius 3 is 3.04 bits per heavy atom. The van der Waals surface area contributed by atoms with E-state index < -0.39 is 0 Å². The van der Waals surface area contributed by atoms with E-state index in [-0.39, 0.29) is 23.9 Å². The molecule has 7 heteroatoms. The first-order chi connectivity index (χ1) is 13.1. The molecule has 4 atom stereocenters. The van der Waals surface area contributed by atoms with E-state index in [1.54, 1.807) is 10.7 Å². The highest BCUT2D eigenvalue weighted by Gasteiger charge is 2.56. The Morgan fingerprint density at radius 2 is 2.22 bits per heavy atom. The summed E-state index contributed by atoms with van der Waals surface area (Å²) in [4.78, 5) is 14.8. The molecule has 0 spiro atoms. The number of urea groups is 1. The summed E-state index contributed by atoms with van der Waals surface area (Å²) in [5.41, 5.74) is 3.40. The molecule has 0 bridgehead atoms. The maximum absolute atomic E-state index is 13.3. The van der Waals surface area contributed by atoms with Crippen LogP contribution in [0.4, 0.5) is 14.9 Å². The van der Waals surface area contributed by atoms with E-state index in [4.69, 9.17) is 0 Å². The lowest BCUT2D eigenvalue weighted by molar-refractivity contribution is 0.234. The van der Waals surface area contributed by atoms with E-state index in [9.17, 15) is 9.18 Å². The van der Waals surface area contributed by atoms with Crippen LogP contribution >= 0.6 is 0 Å². The van der Waals surface area contributed by atoms with Gasteiger partial charge in [-0.2, -0.15) is 5.10 Å². The number of aromatic nitrogens is 2. The molecule has 5 rings (SSSR count). The summed E-state index contributed by atoms with van der Waals surface area (Å²) < 4.78 is 15.1. The minimum Gasteiger partial charge on any atom is -0.367 e. The lowest BCUT2D eigenvalue weighted by Gasteiger charge is -2.33. The van der Waals surface area contributed by atoms with Crippen molar-refractivity contribution < 1.29 is 9.18 Å². The molecule has 1 saturated carbocycles. The van der Waals surface area contributed by atoms with Gasteiger partial charge in [0, 0.05) is 44.3 Å². The molecule has 2 fully saturated rings. The van der Waals surface area contributed by atoms with E-state index >= 15 is 0 Å². The summed E-state index contributed by atoms with van der Waals surface area (Å²) >= 11 is 0. The number of carbonyl (C=O) groups excluding carboxylic acids is 1. The number of hydrogen-bond acceptors (Lipinski definition) is 3. The van der Waals surface area contributed by atoms with Gasteiger partial charge in [0.1, 0.15) is 5.82 Å². The molecule has 1 aromatic heterocycles. The van der Waals surface area contributed by atoms with E-state index in [2.05, 4.69) is 20.6 Å². The number of nitrogens with one attached hydrogen (secondary N) is 2. The number of amides is 2. The highest BCUT2D eigenvalue weighted by molar-refractivity contribution is 5.76. The molecule has 27 heavy (non-hydrogen) atoms. The molecule has 2 aromatic rings. The van der Waals surface area contributed by atoms with Crippen LogP contribution in [0.2, 0.25) is 0 Å². The third-order valence-electron chi connectivity index (χ3n) is 6.20. The number of aryl methyl sites for hydroxylation is 1. The predicted molar refractivity (Wildman–Crippen MR) is 100 cm³/mol. The molecule has 2 amide bonds. The Hall–Kier alpha value is -2.57. The van der Waals surface area contributed by atoms with Gasteiger partial charge in [0.05, 0.1) is 11.9 Å². The van der Waals surface area contributed by atoms with E-state index in [1.807, 2.05) is 25.5 Å². The van der Waals surface area contributed by atoms with Gasteiger partial charge >= 0.3 is 6.03 Å². The van der Waals surface area contributed by atoms with Crippen molar-refractivity contribution in [3.05, 3.63) is 47.5 Å². The summed E-state index contributed by atoms with van der Waals surface area (Å²) in [5.74, 6) is 0.600. The summed E-state index contributed by atoms with van der Waals surface area (Å²) in [6.07, 6.45) is 6.78. The van der Waals surface area contributed by atoms with Crippen LogP contribution in [-0.2, 0) is 13.5 Å². The summed E-state index contributed by atoms with van der Waals surface area (Å²) in [7, 11) is 1.91. The maximum Gasteiger partial charge on any atom is 0.315 e. The second kappa shape index (κ2) is 6.25. The van der Waals surface area contributed by atoms with Gasteiger partial charge in [0.2, 0.25) is 0 Å². The van der Waals surface area contributed by atoms with Crippen LogP contribution in [0, 0.1) is 11.7 Å². The Balaban J connectivity index is 1.16. The van der Waals surface area contributed by atoms with Gasteiger partial charge in [-0.3, -0.25) is 4.68 Å². The zero-order valence-electron chi connectivity index (χ0n) is 15.4. The molecule has 3 aliphatic rings. The second-order valence-electron chi connectivity index (χ2n) is 8.04. The number of piperidine rings is 1. The van der Waals surface area contributed by atoms with E-state index in [0.29, 0.717) is 11.8 Å². The first kappa shape index (κ1) is 16.6. The Labute approximate surface area is 157 Å². The molecular weight excluding hydrogens is 345 g/mol. The van der Waals surface area contributed by atoms with E-state index in [1.165, 1.54) is 11.6 Å². The molecule has 4 unspecified atom stereocenters. The number of benzene rings is 1. The predicted octanol–water partition coefficient (Wildman–Crippen LogP) is 2.17. The Kier molecular flexibility index (Phi) is 3.84. The zero-order valence-corrected chi connectivity index (χ0v) is 15.4. The van der Waals surface area contributed by atoms with Crippen molar-refractivity contribution in [3.8, 4) is 0 Å². The highest BCUT2D eigenvalue weighted by atomic mass is 19.1. The van der Waals surface area contributed by atoms with Crippen LogP contribution < -0.4 is 15.5 Å². The van der Waals surface area contributed by atoms with Crippen LogP contribution in [0.5, 0.6) is 0 Å². The topological polar surface area (TPSA) is 62.2 Å². The van der Waals surface area contributed by atoms with Gasteiger partial charge in [-0.05, 0) is 48.4 Å². The third-order valence-corrected chi connectivity index (χ3v) is 6.20. The SMILES string of the molecule is Cn1cc(N2CCCC(NC(=O)NC3C4Cc5cc(F)ccc5C43)C2)cn1. The van der Waals surface area contributed by atoms with Crippen molar-refractivity contribution in [2.75, 3.05) is 18.0 Å². The Bertz CT molecular complexity index is 881. The minimum atomic E-state index is -0.173. The van der Waals surface area contributed by atoms with Gasteiger partial charge in [-0.25, -0.2) is 9.18 Å². The van der Waals surface area contributed by atoms with Crippen LogP contribution in [0.1, 0.15) is 29.9 Å². The molecular formula is C20H24FN5O. The molecule has 2 N–H and O–H groups in total. The maximum atomic E-state index is 13.3. The van der Waals surface area contributed by atoms with Gasteiger partial charge in [0.25, 0.3) is 0 Å². The van der Waals surface area contributed by atoms with Crippen LogP contribution in [0.25, 0.3) is 0 Å². The second-order valence-corrected chi connectivity index (χ2v) is 8.04. The Morgan fingerprint density at radius 1 is 1.33 bits per heavy atom. The standard InChI is InChI=1S/C20H24FN5O/c1-25-11-15(9-22-25)26-6-2-3-14(10-26)23-20(27)24-19-17-8-12-7-13(21)4-5-16(12)18(17)19/h4-5,7,9,11,14,17-19H,2-3,6,8,10H2,1H3,(H2,23,24,27). The van der Waals surface area contributed by atoms with Crippen molar-refractivity contribution in [3.63, 3.8) is 0 Å². The van der Waals surface area contributed by atoms with Crippen molar-refractivity contribution >= 4 is 11.7 Å². The number of carbonyl (C=O) groups is 1. The quantitative estimate of drug-likeness (QED) is 0.872. The first-order valence-electron chi connectivity index (χ1n) is 9.67. The van der Waals surface area contributed by atoms with Crippen molar-refractivity contribution in [2.24, 2.45) is 13.0 Å². The van der Waals surface area contributed by atoms with Crippen molar-refractivity contribution in [1.29, 1.82) is 0 Å². The molecule has 6 nitrogen and oxygen atoms in total. The molecule has 1 saturated heterocycles. The fourth-order valence-electron chi connectivity index (χ4n) is 4.86. The average molecular weight is 369 g/mol. The summed E-state index contributed by atoms with van der Waals surface area (Å²) in [5, 5.41) is 10.5. The van der Waals surface area contributed by atoms with Gasteiger partial charge < -0.3 is 15.5 Å². The zero-order chi connectivity index (χ0) is 18.5. The fourth-order valence-corrected chi connectivity index (χ4v) is 4.86. The van der Waals surface area contributed by atoms with Gasteiger partial charge in [-0.1, -0.05) is 6.07 Å². The van der Waals surface area contributed by atoms with Crippen molar-refractivity contribution in [2.45, 2.75) is 37.3 Å². The minimum absolute atomic E-state index is 0.0869. The summed E-state index contributed by atoms with van der Waals surface area (Å²) in [6, 6.07) is 5.26. The molecule has 2 heterocycles.